The van der Waals surface area contributed by atoms with Crippen LogP contribution in [0, 0.1) is 5.82 Å². The summed E-state index contributed by atoms with van der Waals surface area (Å²) in [7, 11) is 0. The molecule has 0 fully saturated rings. The first-order valence-corrected chi connectivity index (χ1v) is 7.89. The first-order chi connectivity index (χ1) is 12.7. The van der Waals surface area contributed by atoms with Crippen LogP contribution in [0.3, 0.4) is 0 Å². The molecule has 0 aliphatic heterocycles. The lowest BCUT2D eigenvalue weighted by Gasteiger charge is -2.06. The Labute approximate surface area is 148 Å². The van der Waals surface area contributed by atoms with Gasteiger partial charge in [0, 0.05) is 12.2 Å². The summed E-state index contributed by atoms with van der Waals surface area (Å²) in [6, 6.07) is 13.0. The Morgan fingerprint density at radius 1 is 1.08 bits per heavy atom. The van der Waals surface area contributed by atoms with Crippen molar-refractivity contribution < 1.29 is 9.13 Å². The van der Waals surface area contributed by atoms with E-state index in [1.54, 1.807) is 12.1 Å². The smallest absolute Gasteiger partial charge is 0.322 e. The van der Waals surface area contributed by atoms with Crippen LogP contribution < -0.4 is 15.8 Å². The van der Waals surface area contributed by atoms with E-state index in [1.165, 1.54) is 0 Å². The third-order valence-electron chi connectivity index (χ3n) is 3.70. The summed E-state index contributed by atoms with van der Waals surface area (Å²) in [5.74, 6) is 0.734. The minimum absolute atomic E-state index is 0.0961. The Kier molecular flexibility index (Phi) is 4.06. The van der Waals surface area contributed by atoms with Gasteiger partial charge in [-0.25, -0.2) is 19.3 Å². The van der Waals surface area contributed by atoms with Gasteiger partial charge in [-0.05, 0) is 35.9 Å². The number of benzene rings is 2. The van der Waals surface area contributed by atoms with Crippen LogP contribution in [0.1, 0.15) is 5.56 Å². The number of aromatic nitrogens is 4. The minimum atomic E-state index is -0.507. The molecule has 0 unspecified atom stereocenters. The second-order valence-electron chi connectivity index (χ2n) is 5.65. The number of fused-ring (bicyclic) bond motifs is 1. The van der Waals surface area contributed by atoms with Crippen molar-refractivity contribution in [2.45, 2.75) is 6.54 Å². The number of hydrogen-bond acceptors (Lipinski definition) is 6. The molecule has 4 N–H and O–H groups in total. The second-order valence-corrected chi connectivity index (χ2v) is 5.65. The van der Waals surface area contributed by atoms with Crippen molar-refractivity contribution in [2.24, 2.45) is 0 Å². The van der Waals surface area contributed by atoms with E-state index in [2.05, 4.69) is 25.3 Å². The molecular weight excluding hydrogens is 335 g/mol. The first kappa shape index (κ1) is 15.8. The zero-order valence-electron chi connectivity index (χ0n) is 13.6. The van der Waals surface area contributed by atoms with Gasteiger partial charge in [0.25, 0.3) is 0 Å². The van der Waals surface area contributed by atoms with Crippen LogP contribution in [0.5, 0.6) is 11.8 Å². The maximum Gasteiger partial charge on any atom is 0.322 e. The fourth-order valence-corrected chi connectivity index (χ4v) is 2.43. The number of rotatable bonds is 5. The summed E-state index contributed by atoms with van der Waals surface area (Å²) in [6.07, 6.45) is 2.11. The normalized spacial score (nSPS) is 10.8. The Hall–Kier alpha value is -3.68. The number of hydrogen-bond donors (Lipinski definition) is 3. The van der Waals surface area contributed by atoms with Gasteiger partial charge in [0.05, 0.1) is 23.4 Å². The molecule has 2 aromatic carbocycles. The number of aromatic amines is 1. The highest BCUT2D eigenvalue weighted by Crippen LogP contribution is 2.20. The second kappa shape index (κ2) is 6.67. The Morgan fingerprint density at radius 2 is 1.85 bits per heavy atom. The fraction of sp³-hybridized carbons (Fsp3) is 0.0556. The van der Waals surface area contributed by atoms with Crippen LogP contribution in [0.25, 0.3) is 11.0 Å². The molecule has 4 aromatic rings. The van der Waals surface area contributed by atoms with Crippen LogP contribution in [-0.2, 0) is 6.54 Å². The van der Waals surface area contributed by atoms with Crippen molar-refractivity contribution in [1.29, 1.82) is 0 Å². The lowest BCUT2D eigenvalue weighted by Crippen LogP contribution is -2.00. The molecule has 0 amide bonds. The molecule has 0 saturated carbocycles. The van der Waals surface area contributed by atoms with Crippen molar-refractivity contribution in [3.05, 3.63) is 66.2 Å². The van der Waals surface area contributed by atoms with Crippen molar-refractivity contribution in [3.8, 4) is 11.8 Å². The molecule has 0 spiro atoms. The molecule has 2 aromatic heterocycles. The van der Waals surface area contributed by atoms with Gasteiger partial charge in [-0.1, -0.05) is 12.1 Å². The molecule has 4 rings (SSSR count). The van der Waals surface area contributed by atoms with Crippen molar-refractivity contribution in [2.75, 3.05) is 11.1 Å². The van der Waals surface area contributed by atoms with Gasteiger partial charge >= 0.3 is 6.01 Å². The quantitative estimate of drug-likeness (QED) is 0.476. The summed E-state index contributed by atoms with van der Waals surface area (Å²) in [6.45, 7) is 0.586. The van der Waals surface area contributed by atoms with E-state index in [1.807, 2.05) is 30.3 Å². The number of nitrogens with one attached hydrogen (secondary N) is 2. The van der Waals surface area contributed by atoms with E-state index in [-0.39, 0.29) is 6.01 Å². The largest absolute Gasteiger partial charge is 0.424 e. The van der Waals surface area contributed by atoms with Gasteiger partial charge in [-0.2, -0.15) is 0 Å². The van der Waals surface area contributed by atoms with Crippen LogP contribution in [0.2, 0.25) is 0 Å². The number of ether oxygens (including phenoxy) is 1. The summed E-state index contributed by atoms with van der Waals surface area (Å²) in [4.78, 5) is 15.2. The Bertz CT molecular complexity index is 1030. The van der Waals surface area contributed by atoms with Gasteiger partial charge < -0.3 is 20.8 Å². The molecule has 0 radical (unpaired) electrons. The molecule has 0 atom stereocenters. The fourth-order valence-electron chi connectivity index (χ4n) is 2.43. The minimum Gasteiger partial charge on any atom is -0.424 e. The van der Waals surface area contributed by atoms with E-state index < -0.39 is 5.82 Å². The summed E-state index contributed by atoms with van der Waals surface area (Å²) in [5.41, 5.74) is 9.23. The van der Waals surface area contributed by atoms with Gasteiger partial charge in [-0.3, -0.25) is 0 Å². The van der Waals surface area contributed by atoms with Gasteiger partial charge in [0.15, 0.2) is 5.82 Å². The lowest BCUT2D eigenvalue weighted by molar-refractivity contribution is 0.436. The zero-order valence-corrected chi connectivity index (χ0v) is 13.6. The van der Waals surface area contributed by atoms with Crippen LogP contribution in [0.15, 0.2) is 54.9 Å². The number of nitrogens with two attached hydrogens (primary N) is 1. The molecule has 0 saturated heterocycles. The standard InChI is InChI=1S/C18H15FN6O/c19-12-9-22-18(23-10-12)26-14-4-1-11(2-5-14)8-21-17-24-15-6-3-13(20)7-16(15)25-17/h1-7,9-10H,8,20H2,(H2,21,24,25). The van der Waals surface area contributed by atoms with Crippen molar-refractivity contribution in [1.82, 2.24) is 19.9 Å². The highest BCUT2D eigenvalue weighted by atomic mass is 19.1. The number of nitrogen functional groups attached to an aromatic ring is 1. The van der Waals surface area contributed by atoms with Crippen LogP contribution >= 0.6 is 0 Å². The SMILES string of the molecule is Nc1ccc2nc(NCc3ccc(Oc4ncc(F)cn4)cc3)[nH]c2c1. The highest BCUT2D eigenvalue weighted by Gasteiger charge is 2.04. The van der Waals surface area contributed by atoms with E-state index in [9.17, 15) is 4.39 Å². The molecular formula is C18H15FN6O. The number of halogens is 1. The highest BCUT2D eigenvalue weighted by molar-refractivity contribution is 5.80. The molecule has 8 heteroatoms. The predicted octanol–water partition coefficient (Wildman–Crippen LogP) is 3.48. The van der Waals surface area contributed by atoms with Gasteiger partial charge in [0.2, 0.25) is 5.95 Å². The van der Waals surface area contributed by atoms with Gasteiger partial charge in [-0.15, -0.1) is 0 Å². The number of nitrogens with zero attached hydrogens (tertiary/aromatic N) is 3. The van der Waals surface area contributed by atoms with Crippen molar-refractivity contribution >= 4 is 22.7 Å². The van der Waals surface area contributed by atoms with Gasteiger partial charge in [0.1, 0.15) is 5.75 Å². The molecule has 0 aliphatic carbocycles. The third kappa shape index (κ3) is 3.54. The summed E-state index contributed by atoms with van der Waals surface area (Å²) in [5, 5.41) is 3.23. The molecule has 130 valence electrons. The molecule has 0 bridgehead atoms. The average molecular weight is 350 g/mol. The molecule has 7 nitrogen and oxygen atoms in total. The molecule has 26 heavy (non-hydrogen) atoms. The Morgan fingerprint density at radius 3 is 2.62 bits per heavy atom. The van der Waals surface area contributed by atoms with Crippen molar-refractivity contribution in [3.63, 3.8) is 0 Å². The van der Waals surface area contributed by atoms with E-state index in [0.717, 1.165) is 29.0 Å². The van der Waals surface area contributed by atoms with Crippen LogP contribution in [-0.4, -0.2) is 19.9 Å². The molecule has 0 aliphatic rings. The summed E-state index contributed by atoms with van der Waals surface area (Å²) >= 11 is 0. The first-order valence-electron chi connectivity index (χ1n) is 7.89. The van der Waals surface area contributed by atoms with Crippen LogP contribution in [0.4, 0.5) is 16.0 Å². The predicted molar refractivity (Wildman–Crippen MR) is 96.3 cm³/mol. The third-order valence-corrected chi connectivity index (χ3v) is 3.70. The average Bonchev–Trinajstić information content (AvgIpc) is 3.05. The maximum absolute atomic E-state index is 12.8. The van der Waals surface area contributed by atoms with E-state index in [0.29, 0.717) is 23.9 Å². The summed E-state index contributed by atoms with van der Waals surface area (Å²) < 4.78 is 18.3. The monoisotopic (exact) mass is 350 g/mol. The zero-order chi connectivity index (χ0) is 17.9. The number of imidazole rings is 1. The molecule has 2 heterocycles. The number of H-pyrrole nitrogens is 1. The number of anilines is 2. The van der Waals surface area contributed by atoms with E-state index >= 15 is 0 Å². The Balaban J connectivity index is 1.39. The maximum atomic E-state index is 12.8. The lowest BCUT2D eigenvalue weighted by atomic mass is 10.2. The van der Waals surface area contributed by atoms with E-state index in [4.69, 9.17) is 10.5 Å². The topological polar surface area (TPSA) is 102 Å².